The predicted octanol–water partition coefficient (Wildman–Crippen LogP) is -0.00600. The van der Waals surface area contributed by atoms with Crippen LogP contribution in [0.1, 0.15) is 13.3 Å². The van der Waals surface area contributed by atoms with E-state index in [-0.39, 0.29) is 32.8 Å². The summed E-state index contributed by atoms with van der Waals surface area (Å²) < 4.78 is 20.0. The van der Waals surface area contributed by atoms with E-state index in [1.54, 1.807) is 6.92 Å². The summed E-state index contributed by atoms with van der Waals surface area (Å²) in [7, 11) is 4.09. The molecule has 0 aliphatic carbocycles. The van der Waals surface area contributed by atoms with Crippen LogP contribution in [0.3, 0.4) is 0 Å². The van der Waals surface area contributed by atoms with Crippen LogP contribution in [-0.2, 0) is 23.7 Å². The first-order valence-corrected chi connectivity index (χ1v) is 7.51. The third-order valence-corrected chi connectivity index (χ3v) is 2.97. The SMILES string of the molecule is CCC(=O)OCC(COC(=O)NC)(COC(=O)NC)COC(=O)NC. The molecular formula is C14H25N3O8. The minimum Gasteiger partial charge on any atom is -0.465 e. The summed E-state index contributed by atoms with van der Waals surface area (Å²) in [5.41, 5.74) is -1.27. The highest BCUT2D eigenvalue weighted by Gasteiger charge is 2.37. The van der Waals surface area contributed by atoms with Crippen molar-refractivity contribution in [1.29, 1.82) is 0 Å². The van der Waals surface area contributed by atoms with Gasteiger partial charge in [0.15, 0.2) is 0 Å². The number of esters is 1. The van der Waals surface area contributed by atoms with Gasteiger partial charge in [0.1, 0.15) is 31.8 Å². The molecule has 0 spiro atoms. The molecule has 0 radical (unpaired) electrons. The summed E-state index contributed by atoms with van der Waals surface area (Å²) in [6, 6.07) is 0. The van der Waals surface area contributed by atoms with Crippen molar-refractivity contribution in [3.8, 4) is 0 Å². The Morgan fingerprint density at radius 3 is 1.28 bits per heavy atom. The fourth-order valence-corrected chi connectivity index (χ4v) is 1.46. The highest BCUT2D eigenvalue weighted by atomic mass is 16.6. The van der Waals surface area contributed by atoms with Crippen molar-refractivity contribution in [1.82, 2.24) is 16.0 Å². The molecule has 0 aliphatic heterocycles. The quantitative estimate of drug-likeness (QED) is 0.384. The zero-order valence-corrected chi connectivity index (χ0v) is 14.8. The zero-order chi connectivity index (χ0) is 19.3. The summed E-state index contributed by atoms with van der Waals surface area (Å²) in [5, 5.41) is 6.77. The van der Waals surface area contributed by atoms with Crippen LogP contribution in [0.25, 0.3) is 0 Å². The molecule has 11 nitrogen and oxygen atoms in total. The van der Waals surface area contributed by atoms with Crippen molar-refractivity contribution in [2.24, 2.45) is 5.41 Å². The normalized spacial score (nSPS) is 10.2. The molecule has 0 unspecified atom stereocenters. The number of hydrogen-bond acceptors (Lipinski definition) is 8. The first-order chi connectivity index (χ1) is 11.8. The van der Waals surface area contributed by atoms with Crippen molar-refractivity contribution < 1.29 is 38.1 Å². The molecule has 0 heterocycles. The predicted molar refractivity (Wildman–Crippen MR) is 84.9 cm³/mol. The zero-order valence-electron chi connectivity index (χ0n) is 14.8. The van der Waals surface area contributed by atoms with E-state index in [9.17, 15) is 19.2 Å². The van der Waals surface area contributed by atoms with E-state index < -0.39 is 29.7 Å². The smallest absolute Gasteiger partial charge is 0.406 e. The van der Waals surface area contributed by atoms with E-state index in [1.807, 2.05) is 0 Å². The minimum absolute atomic E-state index is 0.124. The lowest BCUT2D eigenvalue weighted by molar-refractivity contribution is -0.151. The second-order valence-electron chi connectivity index (χ2n) is 4.99. The van der Waals surface area contributed by atoms with Crippen LogP contribution in [0.4, 0.5) is 14.4 Å². The Balaban J connectivity index is 5.24. The summed E-state index contributed by atoms with van der Waals surface area (Å²) >= 11 is 0. The molecule has 0 bridgehead atoms. The molecule has 0 rings (SSSR count). The largest absolute Gasteiger partial charge is 0.465 e. The molecule has 0 aliphatic rings. The molecule has 3 amide bonds. The van der Waals surface area contributed by atoms with Crippen molar-refractivity contribution >= 4 is 24.2 Å². The van der Waals surface area contributed by atoms with Gasteiger partial charge in [-0.2, -0.15) is 0 Å². The average Bonchev–Trinajstić information content (AvgIpc) is 2.65. The monoisotopic (exact) mass is 363 g/mol. The van der Waals surface area contributed by atoms with Gasteiger partial charge in [-0.05, 0) is 0 Å². The third kappa shape index (κ3) is 9.23. The molecule has 144 valence electrons. The molecule has 3 N–H and O–H groups in total. The van der Waals surface area contributed by atoms with Gasteiger partial charge in [-0.1, -0.05) is 6.92 Å². The summed E-state index contributed by atoms with van der Waals surface area (Å²) in [4.78, 5) is 45.5. The number of carbonyl (C=O) groups excluding carboxylic acids is 4. The molecule has 0 aromatic carbocycles. The number of rotatable bonds is 9. The van der Waals surface area contributed by atoms with Crippen molar-refractivity contribution in [2.45, 2.75) is 13.3 Å². The number of alkyl carbamates (subject to hydrolysis) is 3. The standard InChI is InChI=1S/C14H25N3O8/c1-5-10(18)22-6-14(7-23-11(19)15-2,8-24-12(20)16-3)9-25-13(21)17-4/h5-9H2,1-4H3,(H,15,19)(H,16,20)(H,17,21). The lowest BCUT2D eigenvalue weighted by Gasteiger charge is -2.31. The number of ether oxygens (including phenoxy) is 4. The number of carbonyl (C=O) groups is 4. The van der Waals surface area contributed by atoms with Gasteiger partial charge in [-0.15, -0.1) is 0 Å². The van der Waals surface area contributed by atoms with Gasteiger partial charge < -0.3 is 34.9 Å². The van der Waals surface area contributed by atoms with Crippen molar-refractivity contribution in [3.63, 3.8) is 0 Å². The van der Waals surface area contributed by atoms with Crippen LogP contribution in [0.5, 0.6) is 0 Å². The fraction of sp³-hybridized carbons (Fsp3) is 0.714. The highest BCUT2D eigenvalue weighted by Crippen LogP contribution is 2.21. The summed E-state index contributed by atoms with van der Waals surface area (Å²) in [6.07, 6.45) is -2.11. The molecule has 0 saturated heterocycles. The van der Waals surface area contributed by atoms with Crippen LogP contribution >= 0.6 is 0 Å². The maximum Gasteiger partial charge on any atom is 0.406 e. The lowest BCUT2D eigenvalue weighted by atomic mass is 9.92. The first-order valence-electron chi connectivity index (χ1n) is 7.51. The van der Waals surface area contributed by atoms with E-state index in [2.05, 4.69) is 16.0 Å². The molecule has 0 saturated carbocycles. The topological polar surface area (TPSA) is 141 Å². The molecule has 25 heavy (non-hydrogen) atoms. The van der Waals surface area contributed by atoms with Gasteiger partial charge in [0.25, 0.3) is 0 Å². The van der Waals surface area contributed by atoms with Gasteiger partial charge in [-0.3, -0.25) is 4.79 Å². The van der Waals surface area contributed by atoms with Gasteiger partial charge in [0, 0.05) is 27.6 Å². The summed E-state index contributed by atoms with van der Waals surface area (Å²) in [6.45, 7) is 0.352. The highest BCUT2D eigenvalue weighted by molar-refractivity contribution is 5.69. The maximum absolute atomic E-state index is 11.5. The van der Waals surface area contributed by atoms with Crippen LogP contribution in [0.15, 0.2) is 0 Å². The summed E-state index contributed by atoms with van der Waals surface area (Å²) in [5.74, 6) is -0.510. The second kappa shape index (κ2) is 11.8. The molecule has 0 aromatic rings. The Morgan fingerprint density at radius 2 is 1.00 bits per heavy atom. The number of hydrogen-bond donors (Lipinski definition) is 3. The van der Waals surface area contributed by atoms with E-state index >= 15 is 0 Å². The Bertz CT molecular complexity index is 383. The molecule has 0 fully saturated rings. The van der Waals surface area contributed by atoms with Crippen LogP contribution < -0.4 is 16.0 Å². The Hall–Kier alpha value is -2.72. The molecular weight excluding hydrogens is 338 g/mol. The molecule has 11 heteroatoms. The van der Waals surface area contributed by atoms with Gasteiger partial charge in [-0.25, -0.2) is 14.4 Å². The Kier molecular flexibility index (Phi) is 10.5. The van der Waals surface area contributed by atoms with E-state index in [0.717, 1.165) is 0 Å². The Morgan fingerprint density at radius 1 is 0.680 bits per heavy atom. The van der Waals surface area contributed by atoms with Crippen LogP contribution in [0.2, 0.25) is 0 Å². The van der Waals surface area contributed by atoms with Crippen molar-refractivity contribution in [2.75, 3.05) is 47.6 Å². The van der Waals surface area contributed by atoms with Crippen LogP contribution in [0, 0.1) is 5.41 Å². The van der Waals surface area contributed by atoms with E-state index in [1.165, 1.54) is 21.1 Å². The van der Waals surface area contributed by atoms with Gasteiger partial charge >= 0.3 is 24.2 Å². The van der Waals surface area contributed by atoms with Gasteiger partial charge in [0.05, 0.1) is 0 Å². The Labute approximate surface area is 145 Å². The minimum atomic E-state index is -1.27. The van der Waals surface area contributed by atoms with Crippen molar-refractivity contribution in [3.05, 3.63) is 0 Å². The average molecular weight is 363 g/mol. The van der Waals surface area contributed by atoms with Crippen LogP contribution in [-0.4, -0.2) is 71.8 Å². The van der Waals surface area contributed by atoms with E-state index in [4.69, 9.17) is 18.9 Å². The molecule has 0 aromatic heterocycles. The van der Waals surface area contributed by atoms with E-state index in [0.29, 0.717) is 0 Å². The fourth-order valence-electron chi connectivity index (χ4n) is 1.46. The number of nitrogens with one attached hydrogen (secondary N) is 3. The number of amides is 3. The molecule has 0 atom stereocenters. The third-order valence-electron chi connectivity index (χ3n) is 2.97. The lowest BCUT2D eigenvalue weighted by Crippen LogP contribution is -2.45. The second-order valence-corrected chi connectivity index (χ2v) is 4.99. The van der Waals surface area contributed by atoms with Gasteiger partial charge in [0.2, 0.25) is 0 Å². The maximum atomic E-state index is 11.5. The first kappa shape index (κ1) is 22.3.